The number of rotatable bonds is 10. The number of hydrogen-bond acceptors (Lipinski definition) is 8. The summed E-state index contributed by atoms with van der Waals surface area (Å²) in [5.74, 6) is -0.532. The van der Waals surface area contributed by atoms with E-state index in [4.69, 9.17) is 24.7 Å². The first kappa shape index (κ1) is 27.2. The average Bonchev–Trinajstić information content (AvgIpc) is 2.65. The van der Waals surface area contributed by atoms with Crippen molar-refractivity contribution in [2.45, 2.75) is 72.1 Å². The van der Waals surface area contributed by atoms with Crippen LogP contribution in [0, 0.1) is 5.92 Å². The first-order valence-electron chi connectivity index (χ1n) is 10.7. The van der Waals surface area contributed by atoms with E-state index in [1.165, 1.54) is 7.11 Å². The predicted octanol–water partition coefficient (Wildman–Crippen LogP) is 3.49. The summed E-state index contributed by atoms with van der Waals surface area (Å²) >= 11 is 0. The molecule has 0 saturated carbocycles. The first-order chi connectivity index (χ1) is 14.9. The number of carbonyl (C=O) groups excluding carboxylic acids is 3. The molecule has 0 bridgehead atoms. The van der Waals surface area contributed by atoms with E-state index >= 15 is 0 Å². The number of methoxy groups -OCH3 is 1. The molecule has 0 saturated heterocycles. The number of benzene rings is 1. The molecule has 1 aromatic rings. The average molecular weight is 453 g/mol. The van der Waals surface area contributed by atoms with Crippen LogP contribution in [0.15, 0.2) is 18.2 Å². The number of amides is 1. The summed E-state index contributed by atoms with van der Waals surface area (Å²) in [6.07, 6.45) is -0.705. The molecule has 1 rings (SSSR count). The van der Waals surface area contributed by atoms with E-state index in [-0.39, 0.29) is 18.8 Å². The molecule has 1 aromatic carbocycles. The number of ether oxygens (including phenoxy) is 4. The second-order valence-corrected chi connectivity index (χ2v) is 8.78. The first-order valence-corrected chi connectivity index (χ1v) is 10.7. The number of nitrogens with one attached hydrogen (secondary N) is 1. The van der Waals surface area contributed by atoms with Crippen LogP contribution in [-0.4, -0.2) is 43.4 Å². The third-order valence-electron chi connectivity index (χ3n) is 4.20. The zero-order valence-electron chi connectivity index (χ0n) is 20.0. The van der Waals surface area contributed by atoms with Crippen molar-refractivity contribution in [2.75, 3.05) is 13.7 Å². The number of alkyl carbamates (subject to hydrolysis) is 1. The van der Waals surface area contributed by atoms with Gasteiger partial charge in [0.15, 0.2) is 11.5 Å². The SMILES string of the molecule is CCOc1cc([C@H](N)CC(=O)OC(=O)[C@H](CC(C)C)NC(=O)OC(C)(C)C)ccc1OC. The minimum atomic E-state index is -1.02. The highest BCUT2D eigenvalue weighted by Gasteiger charge is 2.28. The van der Waals surface area contributed by atoms with Crippen molar-refractivity contribution in [3.8, 4) is 11.5 Å². The smallest absolute Gasteiger partial charge is 0.408 e. The summed E-state index contributed by atoms with van der Waals surface area (Å²) in [6, 6.07) is 3.36. The maximum atomic E-state index is 12.5. The molecule has 0 aliphatic heterocycles. The van der Waals surface area contributed by atoms with E-state index in [2.05, 4.69) is 5.32 Å². The van der Waals surface area contributed by atoms with Crippen LogP contribution >= 0.6 is 0 Å². The van der Waals surface area contributed by atoms with Crippen molar-refractivity contribution in [2.24, 2.45) is 11.7 Å². The summed E-state index contributed by atoms with van der Waals surface area (Å²) in [7, 11) is 1.53. The van der Waals surface area contributed by atoms with Gasteiger partial charge in [-0.15, -0.1) is 0 Å². The number of hydrogen-bond donors (Lipinski definition) is 2. The molecule has 9 heteroatoms. The Balaban J connectivity index is 2.80. The highest BCUT2D eigenvalue weighted by atomic mass is 16.6. The summed E-state index contributed by atoms with van der Waals surface area (Å²) < 4.78 is 20.9. The van der Waals surface area contributed by atoms with Crippen molar-refractivity contribution >= 4 is 18.0 Å². The highest BCUT2D eigenvalue weighted by molar-refractivity contribution is 5.90. The van der Waals surface area contributed by atoms with Crippen LogP contribution in [0.5, 0.6) is 11.5 Å². The molecular formula is C23H36N2O7. The fourth-order valence-corrected chi connectivity index (χ4v) is 2.85. The largest absolute Gasteiger partial charge is 0.493 e. The van der Waals surface area contributed by atoms with Gasteiger partial charge >= 0.3 is 18.0 Å². The van der Waals surface area contributed by atoms with Gasteiger partial charge in [0.25, 0.3) is 0 Å². The van der Waals surface area contributed by atoms with Gasteiger partial charge in [0, 0.05) is 6.04 Å². The molecule has 0 aromatic heterocycles. The lowest BCUT2D eigenvalue weighted by Crippen LogP contribution is -2.45. The van der Waals surface area contributed by atoms with E-state index in [1.807, 2.05) is 20.8 Å². The Morgan fingerprint density at radius 3 is 2.31 bits per heavy atom. The summed E-state index contributed by atoms with van der Waals surface area (Å²) in [4.78, 5) is 37.0. The van der Waals surface area contributed by atoms with Gasteiger partial charge in [-0.1, -0.05) is 19.9 Å². The second kappa shape index (κ2) is 12.3. The highest BCUT2D eigenvalue weighted by Crippen LogP contribution is 2.30. The lowest BCUT2D eigenvalue weighted by atomic mass is 10.0. The lowest BCUT2D eigenvalue weighted by molar-refractivity contribution is -0.161. The van der Waals surface area contributed by atoms with E-state index in [0.717, 1.165) is 0 Å². The van der Waals surface area contributed by atoms with Crippen molar-refractivity contribution < 1.29 is 33.3 Å². The van der Waals surface area contributed by atoms with E-state index in [9.17, 15) is 14.4 Å². The van der Waals surface area contributed by atoms with Gasteiger partial charge in [0.05, 0.1) is 20.1 Å². The van der Waals surface area contributed by atoms with Crippen molar-refractivity contribution in [1.29, 1.82) is 0 Å². The van der Waals surface area contributed by atoms with Crippen LogP contribution in [0.3, 0.4) is 0 Å². The third-order valence-corrected chi connectivity index (χ3v) is 4.20. The van der Waals surface area contributed by atoms with Gasteiger partial charge in [-0.3, -0.25) is 4.79 Å². The Kier molecular flexibility index (Phi) is 10.5. The van der Waals surface area contributed by atoms with Gasteiger partial charge < -0.3 is 30.0 Å². The van der Waals surface area contributed by atoms with Crippen LogP contribution in [0.1, 0.15) is 66.0 Å². The fraction of sp³-hybridized carbons (Fsp3) is 0.609. The molecule has 0 fully saturated rings. The van der Waals surface area contributed by atoms with Crippen LogP contribution in [0.2, 0.25) is 0 Å². The van der Waals surface area contributed by atoms with E-state index < -0.39 is 35.7 Å². The Labute approximate surface area is 189 Å². The molecule has 0 aliphatic carbocycles. The molecule has 0 radical (unpaired) electrons. The van der Waals surface area contributed by atoms with Crippen LogP contribution < -0.4 is 20.5 Å². The lowest BCUT2D eigenvalue weighted by Gasteiger charge is -2.23. The molecule has 3 N–H and O–H groups in total. The van der Waals surface area contributed by atoms with Crippen molar-refractivity contribution in [3.05, 3.63) is 23.8 Å². The van der Waals surface area contributed by atoms with Gasteiger partial charge in [0.2, 0.25) is 0 Å². The van der Waals surface area contributed by atoms with E-state index in [1.54, 1.807) is 39.0 Å². The fourth-order valence-electron chi connectivity index (χ4n) is 2.85. The third kappa shape index (κ3) is 9.55. The van der Waals surface area contributed by atoms with Gasteiger partial charge in [-0.05, 0) is 57.7 Å². The summed E-state index contributed by atoms with van der Waals surface area (Å²) in [5.41, 5.74) is 6.04. The Hall–Kier alpha value is -2.81. The van der Waals surface area contributed by atoms with Crippen LogP contribution in [0.25, 0.3) is 0 Å². The standard InChI is InChI=1S/C23H36N2O7/c1-8-30-19-12-15(9-10-18(19)29-7)16(24)13-20(26)31-21(27)17(11-14(2)3)25-22(28)32-23(4,5)6/h9-10,12,14,16-17H,8,11,13,24H2,1-7H3,(H,25,28)/t16-,17+/m1/s1. The Morgan fingerprint density at radius 1 is 1.12 bits per heavy atom. The van der Waals surface area contributed by atoms with Gasteiger partial charge in [-0.2, -0.15) is 0 Å². The molecular weight excluding hydrogens is 416 g/mol. The molecule has 1 amide bonds. The predicted molar refractivity (Wildman–Crippen MR) is 119 cm³/mol. The maximum Gasteiger partial charge on any atom is 0.408 e. The normalized spacial score (nSPS) is 13.2. The number of carbonyl (C=O) groups is 3. The van der Waals surface area contributed by atoms with Crippen molar-refractivity contribution in [3.63, 3.8) is 0 Å². The monoisotopic (exact) mass is 452 g/mol. The summed E-state index contributed by atoms with van der Waals surface area (Å²) in [5, 5.41) is 2.48. The molecule has 180 valence electrons. The second-order valence-electron chi connectivity index (χ2n) is 8.78. The quantitative estimate of drug-likeness (QED) is 0.408. The van der Waals surface area contributed by atoms with Crippen molar-refractivity contribution in [1.82, 2.24) is 5.32 Å². The molecule has 2 atom stereocenters. The minimum absolute atomic E-state index is 0.0659. The molecule has 0 heterocycles. The molecule has 32 heavy (non-hydrogen) atoms. The molecule has 0 aliphatic rings. The van der Waals surface area contributed by atoms with Crippen LogP contribution in [0.4, 0.5) is 4.79 Å². The van der Waals surface area contributed by atoms with Crippen LogP contribution in [-0.2, 0) is 19.1 Å². The molecule has 9 nitrogen and oxygen atoms in total. The van der Waals surface area contributed by atoms with Gasteiger partial charge in [-0.25, -0.2) is 9.59 Å². The zero-order chi connectivity index (χ0) is 24.5. The Morgan fingerprint density at radius 2 is 1.78 bits per heavy atom. The topological polar surface area (TPSA) is 126 Å². The van der Waals surface area contributed by atoms with E-state index in [0.29, 0.717) is 23.7 Å². The summed E-state index contributed by atoms with van der Waals surface area (Å²) in [6.45, 7) is 11.2. The van der Waals surface area contributed by atoms with Gasteiger partial charge in [0.1, 0.15) is 11.6 Å². The maximum absolute atomic E-state index is 12.5. The molecule has 0 spiro atoms. The number of nitrogens with two attached hydrogens (primary N) is 1. The zero-order valence-corrected chi connectivity index (χ0v) is 20.0. The number of esters is 2. The Bertz CT molecular complexity index is 787. The minimum Gasteiger partial charge on any atom is -0.493 e. The molecule has 0 unspecified atom stereocenters.